The highest BCUT2D eigenvalue weighted by Crippen LogP contribution is 2.27. The van der Waals surface area contributed by atoms with Crippen LogP contribution in [-0.4, -0.2) is 16.1 Å². The largest absolute Gasteiger partial charge is 0.481 e. The van der Waals surface area contributed by atoms with Gasteiger partial charge in [0.25, 0.3) is 0 Å². The van der Waals surface area contributed by atoms with Gasteiger partial charge in [0, 0.05) is 18.3 Å². The van der Waals surface area contributed by atoms with Gasteiger partial charge in [-0.15, -0.1) is 0 Å². The van der Waals surface area contributed by atoms with Gasteiger partial charge in [0.05, 0.1) is 5.41 Å². The lowest BCUT2D eigenvalue weighted by atomic mass is 9.81. The number of aromatic nitrogens is 1. The molecule has 0 spiro atoms. The highest BCUT2D eigenvalue weighted by atomic mass is 16.4. The molecule has 0 aromatic carbocycles. The lowest BCUT2D eigenvalue weighted by Crippen LogP contribution is -2.30. The first-order chi connectivity index (χ1) is 7.08. The molecule has 1 N–H and O–H groups in total. The molecule has 0 radical (unpaired) electrons. The van der Waals surface area contributed by atoms with Crippen molar-refractivity contribution >= 4 is 5.97 Å². The summed E-state index contributed by atoms with van der Waals surface area (Å²) in [6.45, 7) is 3.78. The van der Waals surface area contributed by atoms with E-state index in [-0.39, 0.29) is 0 Å². The lowest BCUT2D eigenvalue weighted by Gasteiger charge is -2.23. The molecular weight excluding hydrogens is 190 g/mol. The van der Waals surface area contributed by atoms with E-state index in [1.807, 2.05) is 25.1 Å². The van der Waals surface area contributed by atoms with E-state index >= 15 is 0 Å². The number of nitrogens with zero attached hydrogens (tertiary/aromatic N) is 1. The van der Waals surface area contributed by atoms with Crippen LogP contribution in [0.15, 0.2) is 24.4 Å². The SMILES string of the molecule is CCCC(C)(Cc1ccccn1)C(=O)O. The van der Waals surface area contributed by atoms with Crippen molar-refractivity contribution in [1.29, 1.82) is 0 Å². The normalized spacial score (nSPS) is 14.5. The summed E-state index contributed by atoms with van der Waals surface area (Å²) in [4.78, 5) is 15.4. The Morgan fingerprint density at radius 3 is 2.73 bits per heavy atom. The standard InChI is InChI=1S/C12H17NO2/c1-3-7-12(2,11(14)15)9-10-6-4-5-8-13-10/h4-6,8H,3,7,9H2,1-2H3,(H,14,15). The van der Waals surface area contributed by atoms with E-state index in [2.05, 4.69) is 4.98 Å². The van der Waals surface area contributed by atoms with E-state index < -0.39 is 11.4 Å². The monoisotopic (exact) mass is 207 g/mol. The summed E-state index contributed by atoms with van der Waals surface area (Å²) >= 11 is 0. The van der Waals surface area contributed by atoms with Gasteiger partial charge in [-0.1, -0.05) is 19.4 Å². The van der Waals surface area contributed by atoms with Crippen LogP contribution in [0.3, 0.4) is 0 Å². The third-order valence-electron chi connectivity index (χ3n) is 2.62. The van der Waals surface area contributed by atoms with Crippen molar-refractivity contribution in [3.63, 3.8) is 0 Å². The zero-order valence-corrected chi connectivity index (χ0v) is 9.23. The Balaban J connectivity index is 2.80. The molecule has 1 unspecified atom stereocenters. The zero-order valence-electron chi connectivity index (χ0n) is 9.23. The summed E-state index contributed by atoms with van der Waals surface area (Å²) in [5, 5.41) is 9.20. The van der Waals surface area contributed by atoms with E-state index in [0.717, 1.165) is 12.1 Å². The van der Waals surface area contributed by atoms with Crippen molar-refractivity contribution in [3.8, 4) is 0 Å². The minimum absolute atomic E-state index is 0.497. The van der Waals surface area contributed by atoms with Gasteiger partial charge in [0.1, 0.15) is 0 Å². The molecule has 0 saturated carbocycles. The minimum atomic E-state index is -0.741. The summed E-state index contributed by atoms with van der Waals surface area (Å²) in [6.07, 6.45) is 3.75. The lowest BCUT2D eigenvalue weighted by molar-refractivity contribution is -0.148. The van der Waals surface area contributed by atoms with Crippen molar-refractivity contribution < 1.29 is 9.90 Å². The van der Waals surface area contributed by atoms with Crippen LogP contribution in [0.25, 0.3) is 0 Å². The van der Waals surface area contributed by atoms with Crippen molar-refractivity contribution in [2.75, 3.05) is 0 Å². The van der Waals surface area contributed by atoms with Gasteiger partial charge >= 0.3 is 5.97 Å². The summed E-state index contributed by atoms with van der Waals surface area (Å²) < 4.78 is 0. The van der Waals surface area contributed by atoms with E-state index in [9.17, 15) is 9.90 Å². The number of aliphatic carboxylic acids is 1. The Bertz CT molecular complexity index is 324. The second-order valence-corrected chi connectivity index (χ2v) is 4.11. The fraction of sp³-hybridized carbons (Fsp3) is 0.500. The van der Waals surface area contributed by atoms with Crippen LogP contribution in [0.2, 0.25) is 0 Å². The average molecular weight is 207 g/mol. The highest BCUT2D eigenvalue weighted by molar-refractivity contribution is 5.74. The molecular formula is C12H17NO2. The van der Waals surface area contributed by atoms with Crippen molar-refractivity contribution in [2.45, 2.75) is 33.1 Å². The first-order valence-electron chi connectivity index (χ1n) is 5.22. The van der Waals surface area contributed by atoms with Crippen LogP contribution in [0.1, 0.15) is 32.4 Å². The van der Waals surface area contributed by atoms with Crippen LogP contribution < -0.4 is 0 Å². The fourth-order valence-electron chi connectivity index (χ4n) is 1.73. The second kappa shape index (κ2) is 4.91. The molecule has 1 aromatic heterocycles. The van der Waals surface area contributed by atoms with Crippen LogP contribution in [0.5, 0.6) is 0 Å². The van der Waals surface area contributed by atoms with Crippen LogP contribution in [-0.2, 0) is 11.2 Å². The van der Waals surface area contributed by atoms with Crippen LogP contribution in [0, 0.1) is 5.41 Å². The predicted octanol–water partition coefficient (Wildman–Crippen LogP) is 2.52. The molecule has 3 heteroatoms. The number of hydrogen-bond donors (Lipinski definition) is 1. The first kappa shape index (κ1) is 11.7. The van der Waals surface area contributed by atoms with E-state index in [4.69, 9.17) is 0 Å². The van der Waals surface area contributed by atoms with Gasteiger partial charge in [-0.2, -0.15) is 0 Å². The van der Waals surface area contributed by atoms with Crippen LogP contribution >= 0.6 is 0 Å². The summed E-state index contributed by atoms with van der Waals surface area (Å²) in [5.41, 5.74) is 0.152. The van der Waals surface area contributed by atoms with E-state index in [1.165, 1.54) is 0 Å². The molecule has 0 saturated heterocycles. The molecule has 3 nitrogen and oxygen atoms in total. The van der Waals surface area contributed by atoms with Gasteiger partial charge in [-0.05, 0) is 25.5 Å². The van der Waals surface area contributed by atoms with Crippen molar-refractivity contribution in [1.82, 2.24) is 4.98 Å². The topological polar surface area (TPSA) is 50.2 Å². The fourth-order valence-corrected chi connectivity index (χ4v) is 1.73. The molecule has 0 amide bonds. The Kier molecular flexibility index (Phi) is 3.83. The van der Waals surface area contributed by atoms with Gasteiger partial charge in [0.2, 0.25) is 0 Å². The average Bonchev–Trinajstić information content (AvgIpc) is 2.19. The van der Waals surface area contributed by atoms with Crippen LogP contribution in [0.4, 0.5) is 0 Å². The molecule has 0 bridgehead atoms. The zero-order chi connectivity index (χ0) is 11.3. The molecule has 15 heavy (non-hydrogen) atoms. The number of hydrogen-bond acceptors (Lipinski definition) is 2. The Labute approximate surface area is 90.2 Å². The summed E-state index contributed by atoms with van der Waals surface area (Å²) in [6, 6.07) is 5.59. The molecule has 0 aliphatic heterocycles. The Hall–Kier alpha value is -1.38. The van der Waals surface area contributed by atoms with Gasteiger partial charge in [-0.3, -0.25) is 9.78 Å². The molecule has 0 aliphatic carbocycles. The summed E-state index contributed by atoms with van der Waals surface area (Å²) in [7, 11) is 0. The molecule has 82 valence electrons. The maximum absolute atomic E-state index is 11.2. The number of rotatable bonds is 5. The third kappa shape index (κ3) is 3.05. The Morgan fingerprint density at radius 2 is 2.27 bits per heavy atom. The van der Waals surface area contributed by atoms with E-state index in [1.54, 1.807) is 13.1 Å². The van der Waals surface area contributed by atoms with Crippen molar-refractivity contribution in [3.05, 3.63) is 30.1 Å². The maximum Gasteiger partial charge on any atom is 0.309 e. The number of carboxylic acids is 1. The molecule has 0 aliphatic rings. The number of carboxylic acid groups (broad SMARTS) is 1. The van der Waals surface area contributed by atoms with Gasteiger partial charge in [-0.25, -0.2) is 0 Å². The molecule has 1 atom stereocenters. The van der Waals surface area contributed by atoms with Gasteiger partial charge < -0.3 is 5.11 Å². The second-order valence-electron chi connectivity index (χ2n) is 4.11. The number of pyridine rings is 1. The minimum Gasteiger partial charge on any atom is -0.481 e. The van der Waals surface area contributed by atoms with Gasteiger partial charge in [0.15, 0.2) is 0 Å². The Morgan fingerprint density at radius 1 is 1.53 bits per heavy atom. The molecule has 0 fully saturated rings. The predicted molar refractivity (Wildman–Crippen MR) is 58.6 cm³/mol. The molecule has 1 rings (SSSR count). The third-order valence-corrected chi connectivity index (χ3v) is 2.62. The quantitative estimate of drug-likeness (QED) is 0.807. The highest BCUT2D eigenvalue weighted by Gasteiger charge is 2.32. The van der Waals surface area contributed by atoms with E-state index in [0.29, 0.717) is 12.8 Å². The maximum atomic E-state index is 11.2. The molecule has 1 heterocycles. The molecule has 1 aromatic rings. The number of carbonyl (C=O) groups is 1. The van der Waals surface area contributed by atoms with Crippen molar-refractivity contribution in [2.24, 2.45) is 5.41 Å². The first-order valence-corrected chi connectivity index (χ1v) is 5.22. The smallest absolute Gasteiger partial charge is 0.309 e. The summed E-state index contributed by atoms with van der Waals surface area (Å²) in [5.74, 6) is -0.741.